The summed E-state index contributed by atoms with van der Waals surface area (Å²) < 4.78 is 3.78. The fraction of sp³-hybridized carbons (Fsp3) is 0.333. The number of aromatic nitrogens is 3. The number of carbonyl (C=O) groups is 1. The van der Waals surface area contributed by atoms with Crippen molar-refractivity contribution in [3.8, 4) is 17.2 Å². The summed E-state index contributed by atoms with van der Waals surface area (Å²) in [7, 11) is 0. The lowest BCUT2D eigenvalue weighted by atomic mass is 9.99. The topological polar surface area (TPSA) is 88.6 Å². The normalized spacial score (nSPS) is 10.4. The molecule has 162 valence electrons. The van der Waals surface area contributed by atoms with Gasteiger partial charge in [0.2, 0.25) is 5.82 Å². The molecule has 7 heteroatoms. The molecule has 31 heavy (non-hydrogen) atoms. The van der Waals surface area contributed by atoms with Crippen LogP contribution in [0.3, 0.4) is 0 Å². The largest absolute Gasteiger partial charge is 1.00 e. The summed E-state index contributed by atoms with van der Waals surface area (Å²) in [5, 5.41) is 14.0. The standard InChI is InChI=1S/C24H27N5O.BrH/c1-3-4-9-23-27-29(15-14-18(2)30)24(26)28(23)17-19-10-12-20(13-11-19)22-8-6-5-7-21(22)16-25;/h5-8,10-13,26H,3-4,9,14-15,17H2,1-2H3;1H. The molecule has 0 saturated carbocycles. The number of aryl methyl sites for hydroxylation is 2. The Bertz CT molecular complexity index is 1070. The average molecular weight is 482 g/mol. The maximum absolute atomic E-state index is 11.4. The Morgan fingerprint density at radius 1 is 1.19 bits per heavy atom. The predicted octanol–water partition coefficient (Wildman–Crippen LogP) is 0.665. The number of nitrogens with zero attached hydrogens (tertiary/aromatic N) is 4. The van der Waals surface area contributed by atoms with Gasteiger partial charge >= 0.3 is 5.95 Å². The summed E-state index contributed by atoms with van der Waals surface area (Å²) in [5.41, 5.74) is 10.1. The second kappa shape index (κ2) is 11.4. The van der Waals surface area contributed by atoms with Crippen LogP contribution in [0.15, 0.2) is 48.5 Å². The van der Waals surface area contributed by atoms with Crippen LogP contribution in [-0.2, 0) is 24.3 Å². The van der Waals surface area contributed by atoms with E-state index in [0.29, 0.717) is 31.0 Å². The third-order valence-corrected chi connectivity index (χ3v) is 5.17. The monoisotopic (exact) mass is 481 g/mol. The zero-order valence-corrected chi connectivity index (χ0v) is 19.6. The number of ketones is 1. The maximum atomic E-state index is 11.4. The molecule has 0 fully saturated rings. The van der Waals surface area contributed by atoms with E-state index in [4.69, 9.17) is 5.73 Å². The molecule has 2 N–H and O–H groups in total. The maximum Gasteiger partial charge on any atom is 0.376 e. The first kappa shape index (κ1) is 24.3. The fourth-order valence-electron chi connectivity index (χ4n) is 3.44. The SMILES string of the molecule is CCCCc1n[n+](CCC(C)=O)c(N)n1Cc1ccc(-c2ccccc2C#N)cc1.[Br-]. The number of hydrogen-bond acceptors (Lipinski definition) is 4. The molecule has 6 nitrogen and oxygen atoms in total. The van der Waals surface area contributed by atoms with E-state index in [0.717, 1.165) is 41.8 Å². The van der Waals surface area contributed by atoms with E-state index in [1.54, 1.807) is 11.6 Å². The molecular formula is C24H28BrN5O. The zero-order valence-electron chi connectivity index (χ0n) is 18.0. The van der Waals surface area contributed by atoms with Gasteiger partial charge in [-0.15, -0.1) is 4.68 Å². The Morgan fingerprint density at radius 3 is 2.55 bits per heavy atom. The second-order valence-corrected chi connectivity index (χ2v) is 7.49. The van der Waals surface area contributed by atoms with Crippen LogP contribution in [0.1, 0.15) is 50.1 Å². The van der Waals surface area contributed by atoms with Crippen LogP contribution in [0.4, 0.5) is 5.95 Å². The van der Waals surface area contributed by atoms with E-state index in [1.165, 1.54) is 0 Å². The number of nitrogens with two attached hydrogens (primary N) is 1. The van der Waals surface area contributed by atoms with Gasteiger partial charge in [0.25, 0.3) is 0 Å². The molecule has 3 aromatic rings. The summed E-state index contributed by atoms with van der Waals surface area (Å²) in [6, 6.07) is 18.0. The molecule has 0 aliphatic heterocycles. The number of nitrogen functional groups attached to an aromatic ring is 1. The quantitative estimate of drug-likeness (QED) is 0.454. The van der Waals surface area contributed by atoms with Gasteiger partial charge in [0, 0.05) is 12.8 Å². The van der Waals surface area contributed by atoms with Crippen molar-refractivity contribution in [2.45, 2.75) is 52.6 Å². The minimum Gasteiger partial charge on any atom is -1.00 e. The van der Waals surface area contributed by atoms with Crippen molar-refractivity contribution in [1.82, 2.24) is 9.67 Å². The highest BCUT2D eigenvalue weighted by molar-refractivity contribution is 5.75. The van der Waals surface area contributed by atoms with Crippen molar-refractivity contribution in [2.24, 2.45) is 0 Å². The van der Waals surface area contributed by atoms with Gasteiger partial charge in [-0.2, -0.15) is 5.26 Å². The van der Waals surface area contributed by atoms with Crippen LogP contribution in [0, 0.1) is 11.3 Å². The first-order valence-corrected chi connectivity index (χ1v) is 10.4. The van der Waals surface area contributed by atoms with Crippen molar-refractivity contribution in [3.05, 3.63) is 65.5 Å². The Balaban J connectivity index is 0.00000341. The number of benzene rings is 2. The van der Waals surface area contributed by atoms with Gasteiger partial charge in [-0.3, -0.25) is 10.5 Å². The smallest absolute Gasteiger partial charge is 0.376 e. The second-order valence-electron chi connectivity index (χ2n) is 7.49. The fourth-order valence-corrected chi connectivity index (χ4v) is 3.44. The number of halogens is 1. The van der Waals surface area contributed by atoms with E-state index in [-0.39, 0.29) is 22.8 Å². The van der Waals surface area contributed by atoms with E-state index in [2.05, 4.69) is 30.2 Å². The van der Waals surface area contributed by atoms with Gasteiger partial charge in [-0.05, 0) is 36.1 Å². The van der Waals surface area contributed by atoms with Gasteiger partial charge in [0.15, 0.2) is 0 Å². The molecule has 0 spiro atoms. The summed E-state index contributed by atoms with van der Waals surface area (Å²) in [6.45, 7) is 4.85. The molecule has 0 aliphatic rings. The lowest BCUT2D eigenvalue weighted by Gasteiger charge is -2.07. The third-order valence-electron chi connectivity index (χ3n) is 5.17. The van der Waals surface area contributed by atoms with Crippen LogP contribution in [0.2, 0.25) is 0 Å². The molecule has 0 amide bonds. The summed E-state index contributed by atoms with van der Waals surface area (Å²) in [6.07, 6.45) is 3.38. The lowest BCUT2D eigenvalue weighted by molar-refractivity contribution is -0.737. The van der Waals surface area contributed by atoms with E-state index < -0.39 is 0 Å². The molecule has 2 aromatic carbocycles. The minimum absolute atomic E-state index is 0. The number of nitriles is 1. The Morgan fingerprint density at radius 2 is 1.90 bits per heavy atom. The molecular weight excluding hydrogens is 454 g/mol. The van der Waals surface area contributed by atoms with E-state index >= 15 is 0 Å². The summed E-state index contributed by atoms with van der Waals surface area (Å²) in [5.74, 6) is 1.64. The van der Waals surface area contributed by atoms with Crippen molar-refractivity contribution >= 4 is 11.7 Å². The molecule has 0 saturated heterocycles. The summed E-state index contributed by atoms with van der Waals surface area (Å²) in [4.78, 5) is 11.4. The average Bonchev–Trinajstić information content (AvgIpc) is 3.06. The molecule has 0 aliphatic carbocycles. The van der Waals surface area contributed by atoms with Crippen LogP contribution >= 0.6 is 0 Å². The van der Waals surface area contributed by atoms with Crippen LogP contribution < -0.4 is 27.4 Å². The van der Waals surface area contributed by atoms with Gasteiger partial charge in [-0.25, -0.2) is 4.57 Å². The zero-order chi connectivity index (χ0) is 21.5. The first-order valence-electron chi connectivity index (χ1n) is 10.4. The van der Waals surface area contributed by atoms with Crippen LogP contribution in [0.25, 0.3) is 11.1 Å². The minimum atomic E-state index is 0. The van der Waals surface area contributed by atoms with Gasteiger partial charge in [0.05, 0.1) is 18.2 Å². The number of hydrogen-bond donors (Lipinski definition) is 1. The van der Waals surface area contributed by atoms with Crippen LogP contribution in [0.5, 0.6) is 0 Å². The van der Waals surface area contributed by atoms with Crippen molar-refractivity contribution < 1.29 is 26.5 Å². The Kier molecular flexibility index (Phi) is 8.95. The molecule has 0 unspecified atom stereocenters. The highest BCUT2D eigenvalue weighted by Crippen LogP contribution is 2.24. The number of unbranched alkanes of at least 4 members (excludes halogenated alkanes) is 1. The lowest BCUT2D eigenvalue weighted by Crippen LogP contribution is -3.00. The van der Waals surface area contributed by atoms with Crippen molar-refractivity contribution in [2.75, 3.05) is 5.73 Å². The number of anilines is 1. The first-order chi connectivity index (χ1) is 14.5. The summed E-state index contributed by atoms with van der Waals surface area (Å²) >= 11 is 0. The Labute approximate surface area is 194 Å². The molecule has 1 heterocycles. The number of rotatable bonds is 9. The third kappa shape index (κ3) is 6.02. The molecule has 0 atom stereocenters. The molecule has 0 bridgehead atoms. The van der Waals surface area contributed by atoms with Crippen molar-refractivity contribution in [1.29, 1.82) is 5.26 Å². The van der Waals surface area contributed by atoms with Crippen molar-refractivity contribution in [3.63, 3.8) is 0 Å². The highest BCUT2D eigenvalue weighted by Gasteiger charge is 2.21. The molecule has 0 radical (unpaired) electrons. The van der Waals surface area contributed by atoms with E-state index in [1.807, 2.05) is 41.0 Å². The van der Waals surface area contributed by atoms with Gasteiger partial charge in [-0.1, -0.05) is 60.9 Å². The predicted molar refractivity (Wildman–Crippen MR) is 116 cm³/mol. The van der Waals surface area contributed by atoms with Gasteiger partial charge < -0.3 is 17.0 Å². The number of Topliss-reactive ketones (excluding diaryl/α,β-unsaturated/α-hetero) is 1. The number of carbonyl (C=O) groups excluding carboxylic acids is 1. The highest BCUT2D eigenvalue weighted by atomic mass is 79.9. The molecule has 1 aromatic heterocycles. The molecule has 3 rings (SSSR count). The van der Waals surface area contributed by atoms with Gasteiger partial charge in [0.1, 0.15) is 12.3 Å². The van der Waals surface area contributed by atoms with E-state index in [9.17, 15) is 10.1 Å². The Hall–Kier alpha value is -2.98. The van der Waals surface area contributed by atoms with Crippen LogP contribution in [-0.4, -0.2) is 15.4 Å².